The van der Waals surface area contributed by atoms with E-state index in [1.807, 2.05) is 0 Å². The van der Waals surface area contributed by atoms with E-state index < -0.39 is 22.0 Å². The number of carbonyl (C=O) groups is 1. The predicted molar refractivity (Wildman–Crippen MR) is 85.4 cm³/mol. The van der Waals surface area contributed by atoms with Crippen LogP contribution in [0, 0.1) is 6.92 Å². The molecule has 1 aromatic carbocycles. The number of aliphatic carboxylic acids is 1. The molecule has 1 aromatic heterocycles. The van der Waals surface area contributed by atoms with Crippen molar-refractivity contribution in [2.75, 3.05) is 0 Å². The van der Waals surface area contributed by atoms with Gasteiger partial charge in [0.15, 0.2) is 0 Å². The van der Waals surface area contributed by atoms with Gasteiger partial charge in [-0.2, -0.15) is 4.31 Å². The Morgan fingerprint density at radius 3 is 2.67 bits per heavy atom. The fourth-order valence-corrected chi connectivity index (χ4v) is 4.83. The van der Waals surface area contributed by atoms with E-state index in [-0.39, 0.29) is 28.0 Å². The number of aromatic nitrogens is 3. The molecule has 1 atom stereocenters. The Hall–Kier alpha value is -1.68. The topological polar surface area (TPSA) is 105 Å². The van der Waals surface area contributed by atoms with Gasteiger partial charge in [0.1, 0.15) is 22.6 Å². The molecule has 0 saturated heterocycles. The summed E-state index contributed by atoms with van der Waals surface area (Å²) in [5.74, 6) is -0.362. The molecule has 128 valence electrons. The van der Waals surface area contributed by atoms with Crippen molar-refractivity contribution in [1.29, 1.82) is 0 Å². The van der Waals surface area contributed by atoms with Crippen LogP contribution in [0.4, 0.5) is 0 Å². The number of rotatable bonds is 3. The lowest BCUT2D eigenvalue weighted by Gasteiger charge is -2.32. The minimum Gasteiger partial charge on any atom is -0.480 e. The van der Waals surface area contributed by atoms with Gasteiger partial charge in [-0.05, 0) is 25.1 Å². The van der Waals surface area contributed by atoms with Crippen LogP contribution in [0.5, 0.6) is 0 Å². The molecule has 2 aromatic rings. The molecule has 1 N–H and O–H groups in total. The maximum atomic E-state index is 12.9. The maximum absolute atomic E-state index is 12.9. The Balaban J connectivity index is 2.10. The number of carboxylic acid groups (broad SMARTS) is 1. The summed E-state index contributed by atoms with van der Waals surface area (Å²) in [7, 11) is -4.16. The largest absolute Gasteiger partial charge is 0.480 e. The van der Waals surface area contributed by atoms with Crippen molar-refractivity contribution in [3.63, 3.8) is 0 Å². The van der Waals surface area contributed by atoms with Gasteiger partial charge in [-0.1, -0.05) is 23.2 Å². The molecular formula is C13H12Cl2N4O4S. The van der Waals surface area contributed by atoms with Crippen molar-refractivity contribution in [3.8, 4) is 0 Å². The first kappa shape index (κ1) is 17.2. The summed E-state index contributed by atoms with van der Waals surface area (Å²) < 4.78 is 28.3. The highest BCUT2D eigenvalue weighted by atomic mass is 35.5. The third-order valence-corrected chi connectivity index (χ3v) is 6.35. The highest BCUT2D eigenvalue weighted by Crippen LogP contribution is 2.31. The lowest BCUT2D eigenvalue weighted by Crippen LogP contribution is -2.50. The van der Waals surface area contributed by atoms with Crippen LogP contribution in [0.1, 0.15) is 11.6 Å². The monoisotopic (exact) mass is 390 g/mol. The van der Waals surface area contributed by atoms with E-state index >= 15 is 0 Å². The molecule has 0 fully saturated rings. The molecule has 0 aliphatic carbocycles. The molecule has 0 amide bonds. The fourth-order valence-electron chi connectivity index (χ4n) is 2.56. The van der Waals surface area contributed by atoms with Crippen LogP contribution in [0.2, 0.25) is 10.0 Å². The minimum atomic E-state index is -4.16. The normalized spacial score (nSPS) is 18.4. The number of hydrogen-bond donors (Lipinski definition) is 1. The van der Waals surface area contributed by atoms with E-state index in [2.05, 4.69) is 10.2 Å². The quantitative estimate of drug-likeness (QED) is 0.851. The number of benzene rings is 1. The third-order valence-electron chi connectivity index (χ3n) is 3.78. The van der Waals surface area contributed by atoms with Crippen LogP contribution in [-0.2, 0) is 27.9 Å². The average molecular weight is 391 g/mol. The highest BCUT2D eigenvalue weighted by molar-refractivity contribution is 7.89. The summed E-state index contributed by atoms with van der Waals surface area (Å²) in [4.78, 5) is 11.4. The lowest BCUT2D eigenvalue weighted by atomic mass is 10.2. The molecule has 0 saturated carbocycles. The zero-order valence-corrected chi connectivity index (χ0v) is 14.7. The zero-order valence-electron chi connectivity index (χ0n) is 12.3. The van der Waals surface area contributed by atoms with Crippen LogP contribution >= 0.6 is 23.2 Å². The molecule has 0 spiro atoms. The summed E-state index contributed by atoms with van der Waals surface area (Å²) in [5, 5.41) is 17.4. The van der Waals surface area contributed by atoms with E-state index in [1.165, 1.54) is 18.2 Å². The van der Waals surface area contributed by atoms with Crippen LogP contribution in [0.25, 0.3) is 0 Å². The van der Waals surface area contributed by atoms with Crippen LogP contribution in [-0.4, -0.2) is 44.6 Å². The number of halogens is 2. The Labute approximate surface area is 147 Å². The number of sulfonamides is 1. The molecule has 8 nitrogen and oxygen atoms in total. The Morgan fingerprint density at radius 2 is 2.04 bits per heavy atom. The van der Waals surface area contributed by atoms with Crippen molar-refractivity contribution in [2.45, 2.75) is 31.0 Å². The van der Waals surface area contributed by atoms with E-state index in [9.17, 15) is 18.3 Å². The van der Waals surface area contributed by atoms with Crippen molar-refractivity contribution in [3.05, 3.63) is 39.9 Å². The number of nitrogens with zero attached hydrogens (tertiary/aromatic N) is 4. The molecule has 2 heterocycles. The van der Waals surface area contributed by atoms with Crippen molar-refractivity contribution < 1.29 is 18.3 Å². The van der Waals surface area contributed by atoms with Crippen molar-refractivity contribution in [2.24, 2.45) is 0 Å². The van der Waals surface area contributed by atoms with E-state index in [0.717, 1.165) is 4.31 Å². The van der Waals surface area contributed by atoms with Gasteiger partial charge in [-0.15, -0.1) is 10.2 Å². The smallest absolute Gasteiger partial charge is 0.323 e. The molecule has 24 heavy (non-hydrogen) atoms. The number of fused-ring (bicyclic) bond motifs is 1. The van der Waals surface area contributed by atoms with E-state index in [0.29, 0.717) is 11.6 Å². The Morgan fingerprint density at radius 1 is 1.33 bits per heavy atom. The second-order valence-corrected chi connectivity index (χ2v) is 7.96. The summed E-state index contributed by atoms with van der Waals surface area (Å²) in [6.45, 7) is 1.39. The second kappa shape index (κ2) is 5.99. The molecule has 1 aliphatic rings. The first-order valence-corrected chi connectivity index (χ1v) is 9.00. The van der Waals surface area contributed by atoms with E-state index in [4.69, 9.17) is 23.2 Å². The summed E-state index contributed by atoms with van der Waals surface area (Å²) in [6, 6.07) is 2.64. The molecule has 0 radical (unpaired) electrons. The van der Waals surface area contributed by atoms with Crippen LogP contribution < -0.4 is 0 Å². The van der Waals surface area contributed by atoms with Gasteiger partial charge < -0.3 is 9.67 Å². The molecule has 3 rings (SSSR count). The lowest BCUT2D eigenvalue weighted by molar-refractivity contribution is -0.142. The van der Waals surface area contributed by atoms with Gasteiger partial charge in [0.25, 0.3) is 0 Å². The number of hydrogen-bond acceptors (Lipinski definition) is 5. The first-order chi connectivity index (χ1) is 11.2. The minimum absolute atomic E-state index is 0.0742. The Kier molecular flexibility index (Phi) is 4.28. The van der Waals surface area contributed by atoms with Gasteiger partial charge >= 0.3 is 5.97 Å². The molecule has 0 bridgehead atoms. The second-order valence-electron chi connectivity index (χ2n) is 5.25. The van der Waals surface area contributed by atoms with Gasteiger partial charge in [-0.3, -0.25) is 4.79 Å². The van der Waals surface area contributed by atoms with Crippen LogP contribution in [0.3, 0.4) is 0 Å². The van der Waals surface area contributed by atoms with Gasteiger partial charge in [-0.25, -0.2) is 8.42 Å². The Bertz CT molecular complexity index is 928. The van der Waals surface area contributed by atoms with Gasteiger partial charge in [0, 0.05) is 5.02 Å². The summed E-state index contributed by atoms with van der Waals surface area (Å²) >= 11 is 11.8. The summed E-state index contributed by atoms with van der Waals surface area (Å²) in [5.41, 5.74) is 0. The van der Waals surface area contributed by atoms with Gasteiger partial charge in [0.2, 0.25) is 10.0 Å². The molecule has 1 unspecified atom stereocenters. The number of carboxylic acids is 1. The number of aryl methyl sites for hydroxylation is 1. The summed E-state index contributed by atoms with van der Waals surface area (Å²) in [6.07, 6.45) is 0. The predicted octanol–water partition coefficient (Wildman–Crippen LogP) is 1.55. The molecule has 11 heteroatoms. The van der Waals surface area contributed by atoms with Crippen LogP contribution in [0.15, 0.2) is 23.1 Å². The SMILES string of the molecule is Cc1nnc2n1CC(C(=O)O)N(S(=O)(=O)c1ccc(Cl)cc1Cl)C2. The molecular weight excluding hydrogens is 379 g/mol. The highest BCUT2D eigenvalue weighted by Gasteiger charge is 2.41. The average Bonchev–Trinajstić information content (AvgIpc) is 2.86. The standard InChI is InChI=1S/C13H12Cl2N4O4S/c1-7-16-17-12-6-19(10(13(20)21)5-18(7)12)24(22,23)11-3-2-8(14)4-9(11)15/h2-4,10H,5-6H2,1H3,(H,20,21). The third kappa shape index (κ3) is 2.77. The van der Waals surface area contributed by atoms with E-state index in [1.54, 1.807) is 11.5 Å². The van der Waals surface area contributed by atoms with Crippen molar-refractivity contribution in [1.82, 2.24) is 19.1 Å². The first-order valence-electron chi connectivity index (χ1n) is 6.80. The maximum Gasteiger partial charge on any atom is 0.323 e. The fraction of sp³-hybridized carbons (Fsp3) is 0.308. The van der Waals surface area contributed by atoms with Crippen molar-refractivity contribution >= 4 is 39.2 Å². The zero-order chi connectivity index (χ0) is 17.6. The molecule has 1 aliphatic heterocycles. The van der Waals surface area contributed by atoms with Gasteiger partial charge in [0.05, 0.1) is 18.1 Å².